The van der Waals surface area contributed by atoms with E-state index in [4.69, 9.17) is 25.0 Å². The van der Waals surface area contributed by atoms with Crippen LogP contribution in [-0.2, 0) is 28.1 Å². The monoisotopic (exact) mass is 882 g/mol. The standard InChI is InChI=1S/2C23H20NO.CH2.2BrH.Ni/c2*1-17-10-6-8-14-20(17)23(21-15-9-7-11-18(21)2)22(24-16-25-23)19-12-4-3-5-13-19;;;;/h2*3-15,22H,1-2H3;1H2;2*1H;/q;;;;;+2/p-2/t2*22-;;;;/m11..../s1. The van der Waals surface area contributed by atoms with Crippen molar-refractivity contribution in [3.8, 4) is 0 Å². The summed E-state index contributed by atoms with van der Waals surface area (Å²) in [6, 6.07) is 53.6. The van der Waals surface area contributed by atoms with Gasteiger partial charge in [0.25, 0.3) is 0 Å². The fourth-order valence-corrected chi connectivity index (χ4v) is 11.6. The number of rotatable bonds is 8. The molecule has 0 fully saturated rings. The number of ether oxygens (including phenoxy) is 2. The summed E-state index contributed by atoms with van der Waals surface area (Å²) in [5, 5.41) is 0. The van der Waals surface area contributed by atoms with Gasteiger partial charge in [0.2, 0.25) is 0 Å². The summed E-state index contributed by atoms with van der Waals surface area (Å²) < 4.78 is 15.2. The van der Waals surface area contributed by atoms with Gasteiger partial charge >= 0.3 is 335 Å². The third kappa shape index (κ3) is 5.79. The molecule has 0 aliphatic carbocycles. The second-order valence-corrected chi connectivity index (χ2v) is 29.1. The molecule has 7 heteroatoms. The van der Waals surface area contributed by atoms with Gasteiger partial charge in [0.05, 0.1) is 0 Å². The van der Waals surface area contributed by atoms with E-state index >= 15 is 0 Å². The summed E-state index contributed by atoms with van der Waals surface area (Å²) in [5.41, 5.74) is 13.4. The number of hydrogen-bond donors (Lipinski definition) is 0. The number of aryl methyl sites for hydroxylation is 4. The molecule has 276 valence electrons. The Morgan fingerprint density at radius 3 is 0.981 bits per heavy atom. The Morgan fingerprint density at radius 2 is 0.704 bits per heavy atom. The van der Waals surface area contributed by atoms with Crippen LogP contribution in [0.25, 0.3) is 0 Å². The van der Waals surface area contributed by atoms with Gasteiger partial charge in [-0.1, -0.05) is 0 Å². The van der Waals surface area contributed by atoms with Gasteiger partial charge in [-0.25, -0.2) is 0 Å². The van der Waals surface area contributed by atoms with Crippen molar-refractivity contribution in [2.75, 3.05) is 0 Å². The fraction of sp³-hybridized carbons (Fsp3) is 0.170. The SMILES string of the molecule is [CH2]=[Ni]([Br])([Br])([C]1=N[C@H](c2ccccc2)C(c2ccccc2C)(c2ccccc2C)O1)[C]1=N[C@H](c2ccccc2)C(c2ccccc2C)(c2ccccc2C)O1. The van der Waals surface area contributed by atoms with Crippen LogP contribution in [0.15, 0.2) is 168 Å². The van der Waals surface area contributed by atoms with Crippen LogP contribution in [0.2, 0.25) is 0 Å². The first kappa shape index (κ1) is 36.6. The molecule has 0 amide bonds. The Morgan fingerprint density at radius 1 is 0.444 bits per heavy atom. The summed E-state index contributed by atoms with van der Waals surface area (Å²) >= 11 is 8.44. The first-order chi connectivity index (χ1) is 26.0. The van der Waals surface area contributed by atoms with E-state index in [0.29, 0.717) is 9.74 Å². The molecule has 0 radical (unpaired) electrons. The van der Waals surface area contributed by atoms with Crippen molar-refractivity contribution in [2.24, 2.45) is 9.98 Å². The Labute approximate surface area is 332 Å². The van der Waals surface area contributed by atoms with E-state index in [1.54, 1.807) is 0 Å². The summed E-state index contributed by atoms with van der Waals surface area (Å²) in [4.78, 5) is 12.0. The number of nitrogens with zero attached hydrogens (tertiary/aromatic N) is 2. The van der Waals surface area contributed by atoms with Crippen molar-refractivity contribution >= 4 is 43.7 Å². The fourth-order valence-electron chi connectivity index (χ4n) is 8.07. The van der Waals surface area contributed by atoms with Gasteiger partial charge in [0.15, 0.2) is 0 Å². The van der Waals surface area contributed by atoms with Crippen LogP contribution in [-0.4, -0.2) is 15.2 Å². The van der Waals surface area contributed by atoms with E-state index in [-0.39, 0.29) is 0 Å². The Hall–Kier alpha value is -4.42. The van der Waals surface area contributed by atoms with Crippen molar-refractivity contribution < 1.29 is 16.9 Å². The molecule has 8 rings (SSSR count). The molecule has 0 bridgehead atoms. The molecule has 2 atom stereocenters. The zero-order chi connectivity index (χ0) is 37.7. The quantitative estimate of drug-likeness (QED) is 0.143. The molecule has 54 heavy (non-hydrogen) atoms. The number of aliphatic imine (C=N–C) groups is 2. The van der Waals surface area contributed by atoms with Crippen LogP contribution < -0.4 is 0 Å². The Kier molecular flexibility index (Phi) is 9.28. The van der Waals surface area contributed by atoms with Crippen molar-refractivity contribution in [1.29, 1.82) is 0 Å². The molecule has 0 N–H and O–H groups in total. The normalized spacial score (nSPS) is 19.5. The van der Waals surface area contributed by atoms with Gasteiger partial charge in [-0.3, -0.25) is 0 Å². The third-order valence-electron chi connectivity index (χ3n) is 10.6. The van der Waals surface area contributed by atoms with E-state index in [9.17, 15) is 0 Å². The molecule has 6 aromatic rings. The minimum absolute atomic E-state index is 0.414. The van der Waals surface area contributed by atoms with E-state index in [0.717, 1.165) is 55.6 Å². The Bertz CT molecular complexity index is 2250. The van der Waals surface area contributed by atoms with Gasteiger partial charge in [0, 0.05) is 0 Å². The summed E-state index contributed by atoms with van der Waals surface area (Å²) in [7, 11) is -3.84. The molecule has 0 unspecified atom stereocenters. The second kappa shape index (κ2) is 13.7. The van der Waals surface area contributed by atoms with Crippen molar-refractivity contribution in [3.05, 3.63) is 213 Å². The molecule has 2 aliphatic rings. The molecule has 0 aromatic heterocycles. The molecule has 6 aromatic carbocycles. The predicted molar refractivity (Wildman–Crippen MR) is 227 cm³/mol. The maximum atomic E-state index is 7.58. The number of halogens is 2. The molecule has 0 saturated carbocycles. The maximum absolute atomic E-state index is 7.58. The van der Waals surface area contributed by atoms with Crippen LogP contribution in [0.3, 0.4) is 0 Å². The molecule has 4 nitrogen and oxygen atoms in total. The van der Waals surface area contributed by atoms with Gasteiger partial charge < -0.3 is 0 Å². The first-order valence-electron chi connectivity index (χ1n) is 17.8. The van der Waals surface area contributed by atoms with Gasteiger partial charge in [-0.2, -0.15) is 0 Å². The molecular formula is C47H42Br2N2NiO2. The van der Waals surface area contributed by atoms with Gasteiger partial charge in [-0.15, -0.1) is 0 Å². The number of benzene rings is 6. The van der Waals surface area contributed by atoms with E-state index in [2.05, 4.69) is 202 Å². The summed E-state index contributed by atoms with van der Waals surface area (Å²) in [6.07, 6.45) is 0. The Balaban J connectivity index is 1.39. The van der Waals surface area contributed by atoms with Crippen LogP contribution in [0.1, 0.15) is 67.7 Å². The molecule has 0 spiro atoms. The van der Waals surface area contributed by atoms with Crippen LogP contribution in [0.4, 0.5) is 0 Å². The zero-order valence-electron chi connectivity index (χ0n) is 30.7. The first-order valence-corrected chi connectivity index (χ1v) is 24.4. The second-order valence-electron chi connectivity index (χ2n) is 14.0. The van der Waals surface area contributed by atoms with Gasteiger partial charge in [-0.05, 0) is 0 Å². The predicted octanol–water partition coefficient (Wildman–Crippen LogP) is 12.1. The van der Waals surface area contributed by atoms with E-state index in [1.807, 2.05) is 12.1 Å². The zero-order valence-corrected chi connectivity index (χ0v) is 34.8. The molecule has 0 saturated heterocycles. The average molecular weight is 885 g/mol. The minimum atomic E-state index is -3.84. The van der Waals surface area contributed by atoms with E-state index in [1.165, 1.54) is 0 Å². The topological polar surface area (TPSA) is 43.2 Å². The summed E-state index contributed by atoms with van der Waals surface area (Å²) in [6.45, 7) is 8.54. The van der Waals surface area contributed by atoms with Crippen molar-refractivity contribution in [1.82, 2.24) is 0 Å². The van der Waals surface area contributed by atoms with Gasteiger partial charge in [0.1, 0.15) is 0 Å². The average Bonchev–Trinajstić information content (AvgIpc) is 3.80. The van der Waals surface area contributed by atoms with Crippen LogP contribution in [0, 0.1) is 27.7 Å². The number of hydrogen-bond acceptors (Lipinski definition) is 4. The van der Waals surface area contributed by atoms with Crippen molar-refractivity contribution in [2.45, 2.75) is 51.0 Å². The molecular weight excluding hydrogens is 843 g/mol. The van der Waals surface area contributed by atoms with Crippen molar-refractivity contribution in [3.63, 3.8) is 0 Å². The van der Waals surface area contributed by atoms with Crippen LogP contribution >= 0.6 is 28.5 Å². The molecule has 2 heterocycles. The third-order valence-corrected chi connectivity index (χ3v) is 16.3. The summed E-state index contributed by atoms with van der Waals surface area (Å²) in [5.74, 6) is 0. The van der Waals surface area contributed by atoms with Crippen LogP contribution in [0.5, 0.6) is 0 Å². The molecule has 2 aliphatic heterocycles. The van der Waals surface area contributed by atoms with E-state index < -0.39 is 30.7 Å².